The topological polar surface area (TPSA) is 96.4 Å². The van der Waals surface area contributed by atoms with E-state index < -0.39 is 27.5 Å². The lowest BCUT2D eigenvalue weighted by molar-refractivity contribution is -0.132. The van der Waals surface area contributed by atoms with E-state index in [1.807, 2.05) is 50.3 Å². The highest BCUT2D eigenvalue weighted by molar-refractivity contribution is 7.88. The molecule has 2 aliphatic carbocycles. The van der Waals surface area contributed by atoms with Crippen LogP contribution in [0.3, 0.4) is 0 Å². The number of hydrogen-bond donors (Lipinski definition) is 1. The number of carbonyl (C=O) groups excluding carboxylic acids is 1. The fraction of sp³-hybridized carbons (Fsp3) is 0.531. The maximum Gasteiger partial charge on any atom is 0.308 e. The number of rotatable bonds is 9. The summed E-state index contributed by atoms with van der Waals surface area (Å²) in [4.78, 5) is 14.5. The molecule has 0 unspecified atom stereocenters. The van der Waals surface area contributed by atoms with Crippen LogP contribution in [0.4, 0.5) is 0 Å². The molecule has 1 saturated heterocycles. The molecule has 4 aliphatic rings. The van der Waals surface area contributed by atoms with Crippen molar-refractivity contribution < 1.29 is 27.8 Å². The Morgan fingerprint density at radius 2 is 2.05 bits per heavy atom. The number of esters is 1. The number of nitrogens with zero attached hydrogens (tertiary/aromatic N) is 2. The second-order valence-electron chi connectivity index (χ2n) is 12.5. The Balaban J connectivity index is 1.48. The van der Waals surface area contributed by atoms with Crippen molar-refractivity contribution in [3.63, 3.8) is 0 Å². The molecule has 1 saturated carbocycles. The first kappa shape index (κ1) is 28.2. The van der Waals surface area contributed by atoms with Crippen molar-refractivity contribution in [2.75, 3.05) is 19.6 Å². The van der Waals surface area contributed by atoms with Crippen molar-refractivity contribution in [2.24, 2.45) is 11.8 Å². The molecule has 1 spiro atoms. The normalized spacial score (nSPS) is 28.3. The first-order valence-electron chi connectivity index (χ1n) is 14.7. The van der Waals surface area contributed by atoms with Crippen LogP contribution in [0.5, 0.6) is 17.2 Å². The smallest absolute Gasteiger partial charge is 0.308 e. The number of piperidine rings is 1. The van der Waals surface area contributed by atoms with E-state index in [0.29, 0.717) is 30.9 Å². The standard InChI is InChI=1S/C32H40N2O6S/c1-5-14-33-15-13-32-24-11-12-25(34(18-20(2)3)41(37,38)19-22-9-7-6-8-10-22)31(32)40-30-27(36)17-28(39-21(4)35)23(29(30)32)16-26(24)33/h5-10,17,20,24-26,31,36H,1,11-16,18-19H2,2-4H3/t24-,25+,26+,31-,32-/m0/s1. The van der Waals surface area contributed by atoms with Gasteiger partial charge in [-0.2, -0.15) is 4.31 Å². The van der Waals surface area contributed by atoms with Crippen LogP contribution < -0.4 is 9.47 Å². The highest BCUT2D eigenvalue weighted by Crippen LogP contribution is 2.65. The molecule has 2 aliphatic heterocycles. The van der Waals surface area contributed by atoms with Crippen molar-refractivity contribution in [3.8, 4) is 17.2 Å². The summed E-state index contributed by atoms with van der Waals surface area (Å²) in [6.45, 7) is 11.4. The van der Waals surface area contributed by atoms with Crippen molar-refractivity contribution in [1.29, 1.82) is 0 Å². The Morgan fingerprint density at radius 3 is 2.73 bits per heavy atom. The minimum atomic E-state index is -3.69. The minimum Gasteiger partial charge on any atom is -0.504 e. The molecule has 0 amide bonds. The first-order valence-corrected chi connectivity index (χ1v) is 16.3. The molecule has 2 fully saturated rings. The molecule has 2 bridgehead atoms. The predicted molar refractivity (Wildman–Crippen MR) is 157 cm³/mol. The van der Waals surface area contributed by atoms with Gasteiger partial charge in [-0.1, -0.05) is 50.3 Å². The average Bonchev–Trinajstić information content (AvgIpc) is 3.25. The summed E-state index contributed by atoms with van der Waals surface area (Å²) >= 11 is 0. The maximum absolute atomic E-state index is 14.2. The number of benzene rings is 2. The molecule has 2 aromatic carbocycles. The fourth-order valence-electron chi connectivity index (χ4n) is 8.27. The van der Waals surface area contributed by atoms with Gasteiger partial charge in [0, 0.05) is 48.7 Å². The zero-order chi connectivity index (χ0) is 29.1. The lowest BCUT2D eigenvalue weighted by Gasteiger charge is -2.60. The van der Waals surface area contributed by atoms with Gasteiger partial charge in [0.2, 0.25) is 10.0 Å². The van der Waals surface area contributed by atoms with Crippen LogP contribution in [-0.2, 0) is 32.4 Å². The van der Waals surface area contributed by atoms with Gasteiger partial charge in [0.05, 0.1) is 11.8 Å². The van der Waals surface area contributed by atoms with E-state index in [0.717, 1.165) is 42.6 Å². The molecule has 2 heterocycles. The highest BCUT2D eigenvalue weighted by atomic mass is 32.2. The Kier molecular flexibility index (Phi) is 7.19. The fourth-order valence-corrected chi connectivity index (χ4v) is 10.2. The minimum absolute atomic E-state index is 0.0594. The van der Waals surface area contributed by atoms with Gasteiger partial charge in [-0.3, -0.25) is 9.69 Å². The Bertz CT molecular complexity index is 1460. The van der Waals surface area contributed by atoms with Gasteiger partial charge in [-0.15, -0.1) is 6.58 Å². The summed E-state index contributed by atoms with van der Waals surface area (Å²) in [5.41, 5.74) is 2.09. The quantitative estimate of drug-likeness (QED) is 0.267. The van der Waals surface area contributed by atoms with E-state index >= 15 is 0 Å². The molecule has 5 atom stereocenters. The summed E-state index contributed by atoms with van der Waals surface area (Å²) in [5, 5.41) is 11.2. The van der Waals surface area contributed by atoms with Crippen LogP contribution in [0.15, 0.2) is 49.1 Å². The number of phenols is 1. The summed E-state index contributed by atoms with van der Waals surface area (Å²) in [6.07, 6.45) is 4.44. The molecule has 9 heteroatoms. The third kappa shape index (κ3) is 4.57. The number of carbonyl (C=O) groups is 1. The van der Waals surface area contributed by atoms with E-state index in [1.165, 1.54) is 13.0 Å². The monoisotopic (exact) mass is 580 g/mol. The highest BCUT2D eigenvalue weighted by Gasteiger charge is 2.67. The second kappa shape index (κ2) is 10.4. The van der Waals surface area contributed by atoms with Crippen molar-refractivity contribution >= 4 is 16.0 Å². The van der Waals surface area contributed by atoms with E-state index in [2.05, 4.69) is 11.5 Å². The Morgan fingerprint density at radius 1 is 1.29 bits per heavy atom. The number of sulfonamides is 1. The van der Waals surface area contributed by atoms with Gasteiger partial charge in [-0.05, 0) is 49.6 Å². The van der Waals surface area contributed by atoms with Crippen LogP contribution in [0.1, 0.15) is 56.7 Å². The van der Waals surface area contributed by atoms with Crippen LogP contribution in [0.25, 0.3) is 0 Å². The molecule has 0 aromatic heterocycles. The summed E-state index contributed by atoms with van der Waals surface area (Å²) < 4.78 is 42.4. The number of ether oxygens (including phenoxy) is 2. The summed E-state index contributed by atoms with van der Waals surface area (Å²) in [5.74, 6) is 0.563. The van der Waals surface area contributed by atoms with E-state index in [-0.39, 0.29) is 35.4 Å². The van der Waals surface area contributed by atoms with Gasteiger partial charge in [0.15, 0.2) is 11.5 Å². The summed E-state index contributed by atoms with van der Waals surface area (Å²) in [7, 11) is -3.69. The largest absolute Gasteiger partial charge is 0.504 e. The zero-order valence-electron chi connectivity index (χ0n) is 24.1. The third-order valence-corrected chi connectivity index (χ3v) is 11.4. The van der Waals surface area contributed by atoms with Crippen molar-refractivity contribution in [3.05, 3.63) is 65.7 Å². The molecular weight excluding hydrogens is 540 g/mol. The van der Waals surface area contributed by atoms with E-state index in [9.17, 15) is 18.3 Å². The molecular formula is C32H40N2O6S. The molecule has 1 N–H and O–H groups in total. The molecule has 220 valence electrons. The number of phenolic OH excluding ortho intramolecular Hbond substituents is 1. The van der Waals surface area contributed by atoms with Crippen molar-refractivity contribution in [2.45, 2.75) is 75.8 Å². The zero-order valence-corrected chi connectivity index (χ0v) is 24.9. The molecule has 6 rings (SSSR count). The van der Waals surface area contributed by atoms with E-state index in [1.54, 1.807) is 4.31 Å². The van der Waals surface area contributed by atoms with E-state index in [4.69, 9.17) is 9.47 Å². The average molecular weight is 581 g/mol. The van der Waals surface area contributed by atoms with Crippen LogP contribution in [-0.4, -0.2) is 66.5 Å². The Hall–Kier alpha value is -2.88. The van der Waals surface area contributed by atoms with Crippen LogP contribution >= 0.6 is 0 Å². The molecule has 0 radical (unpaired) electrons. The number of hydrogen-bond acceptors (Lipinski definition) is 7. The van der Waals surface area contributed by atoms with Crippen molar-refractivity contribution in [1.82, 2.24) is 9.21 Å². The predicted octanol–water partition coefficient (Wildman–Crippen LogP) is 4.40. The van der Waals surface area contributed by atoms with Gasteiger partial charge in [0.1, 0.15) is 11.9 Å². The summed E-state index contributed by atoms with van der Waals surface area (Å²) in [6, 6.07) is 10.6. The number of aromatic hydroxyl groups is 1. The van der Waals surface area contributed by atoms with Gasteiger partial charge in [0.25, 0.3) is 0 Å². The van der Waals surface area contributed by atoms with Gasteiger partial charge < -0.3 is 14.6 Å². The molecule has 41 heavy (non-hydrogen) atoms. The van der Waals surface area contributed by atoms with Gasteiger partial charge in [-0.25, -0.2) is 8.42 Å². The number of likely N-dealkylation sites (tertiary alicyclic amines) is 1. The SMILES string of the molecule is C=CCN1CC[C@]23c4c5c(OC(C)=O)cc(O)c4O[C@H]2[C@H](N(CC(C)C)S(=O)(=O)Cc2ccccc2)CC[C@H]3[C@H]1C5. The molecule has 2 aromatic rings. The van der Waals surface area contributed by atoms with Gasteiger partial charge >= 0.3 is 5.97 Å². The maximum atomic E-state index is 14.2. The lowest BCUT2D eigenvalue weighted by atomic mass is 9.51. The Labute approximate surface area is 243 Å². The van der Waals surface area contributed by atoms with Crippen LogP contribution in [0.2, 0.25) is 0 Å². The first-order chi connectivity index (χ1) is 19.6. The third-order valence-electron chi connectivity index (χ3n) is 9.57. The second-order valence-corrected chi connectivity index (χ2v) is 14.4. The molecule has 8 nitrogen and oxygen atoms in total. The lowest BCUT2D eigenvalue weighted by Crippen LogP contribution is -2.69. The van der Waals surface area contributed by atoms with Crippen LogP contribution in [0, 0.1) is 11.8 Å².